The normalized spacial score (nSPS) is 10.8. The number of hydrazine groups is 1. The van der Waals surface area contributed by atoms with Crippen LogP contribution in [0.3, 0.4) is 0 Å². The number of benzene rings is 2. The molecule has 8 heteroatoms. The summed E-state index contributed by atoms with van der Waals surface area (Å²) in [5.41, 5.74) is 7.88. The van der Waals surface area contributed by atoms with Crippen molar-refractivity contribution in [3.8, 4) is 0 Å². The summed E-state index contributed by atoms with van der Waals surface area (Å²) in [4.78, 5) is 35.9. The summed E-state index contributed by atoms with van der Waals surface area (Å²) in [6, 6.07) is 12.3. The number of carbonyl (C=O) groups is 3. The SMILES string of the molecule is CC(=CC(=O)Nc1cccc(C)c1)NNC(=O)C(=O)Nc1cccc(Cl)c1C. The van der Waals surface area contributed by atoms with Crippen LogP contribution in [0.15, 0.2) is 54.2 Å². The van der Waals surface area contributed by atoms with Crippen molar-refractivity contribution in [3.05, 3.63) is 70.4 Å². The summed E-state index contributed by atoms with van der Waals surface area (Å²) in [5, 5.41) is 5.67. The van der Waals surface area contributed by atoms with Gasteiger partial charge in [0, 0.05) is 28.2 Å². The van der Waals surface area contributed by atoms with Crippen LogP contribution in [0.25, 0.3) is 0 Å². The molecule has 0 aliphatic rings. The molecule has 0 fully saturated rings. The number of amides is 3. The van der Waals surface area contributed by atoms with Gasteiger partial charge in [0.05, 0.1) is 0 Å². The third kappa shape index (κ3) is 6.14. The minimum atomic E-state index is -0.911. The molecule has 28 heavy (non-hydrogen) atoms. The van der Waals surface area contributed by atoms with E-state index < -0.39 is 11.8 Å². The first-order valence-corrected chi connectivity index (χ1v) is 8.82. The average Bonchev–Trinajstić information content (AvgIpc) is 2.63. The maximum absolute atomic E-state index is 12.0. The molecular formula is C20H21ClN4O3. The second-order valence-electron chi connectivity index (χ2n) is 6.13. The molecular weight excluding hydrogens is 380 g/mol. The van der Waals surface area contributed by atoms with E-state index in [1.54, 1.807) is 38.1 Å². The Morgan fingerprint density at radius 2 is 1.64 bits per heavy atom. The number of carbonyl (C=O) groups excluding carboxylic acids is 3. The summed E-state index contributed by atoms with van der Waals surface area (Å²) < 4.78 is 0. The van der Waals surface area contributed by atoms with Gasteiger partial charge in [-0.25, -0.2) is 0 Å². The fourth-order valence-corrected chi connectivity index (χ4v) is 2.44. The van der Waals surface area contributed by atoms with Crippen molar-refractivity contribution in [2.24, 2.45) is 0 Å². The molecule has 146 valence electrons. The Bertz CT molecular complexity index is 941. The molecule has 0 heterocycles. The highest BCUT2D eigenvalue weighted by Gasteiger charge is 2.15. The topological polar surface area (TPSA) is 99.3 Å². The summed E-state index contributed by atoms with van der Waals surface area (Å²) in [7, 11) is 0. The lowest BCUT2D eigenvalue weighted by Gasteiger charge is -2.11. The average molecular weight is 401 g/mol. The van der Waals surface area contributed by atoms with Gasteiger partial charge in [0.1, 0.15) is 0 Å². The van der Waals surface area contributed by atoms with E-state index in [9.17, 15) is 14.4 Å². The third-order valence-electron chi connectivity index (χ3n) is 3.73. The molecule has 0 aliphatic carbocycles. The van der Waals surface area contributed by atoms with Gasteiger partial charge in [-0.15, -0.1) is 0 Å². The van der Waals surface area contributed by atoms with Crippen LogP contribution in [-0.4, -0.2) is 17.7 Å². The Labute approximate surface area is 168 Å². The first-order valence-electron chi connectivity index (χ1n) is 8.44. The Morgan fingerprint density at radius 1 is 0.929 bits per heavy atom. The van der Waals surface area contributed by atoms with E-state index in [4.69, 9.17) is 11.6 Å². The Balaban J connectivity index is 1.86. The van der Waals surface area contributed by atoms with E-state index in [1.165, 1.54) is 6.08 Å². The minimum absolute atomic E-state index is 0.352. The van der Waals surface area contributed by atoms with Crippen molar-refractivity contribution in [1.82, 2.24) is 10.9 Å². The van der Waals surface area contributed by atoms with E-state index in [2.05, 4.69) is 21.5 Å². The van der Waals surface area contributed by atoms with Crippen LogP contribution in [-0.2, 0) is 14.4 Å². The molecule has 0 atom stereocenters. The van der Waals surface area contributed by atoms with Crippen LogP contribution in [0.2, 0.25) is 5.02 Å². The molecule has 0 aliphatic heterocycles. The molecule has 0 spiro atoms. The zero-order valence-corrected chi connectivity index (χ0v) is 16.5. The van der Waals surface area contributed by atoms with Crippen LogP contribution >= 0.6 is 11.6 Å². The maximum Gasteiger partial charge on any atom is 0.327 e. The summed E-state index contributed by atoms with van der Waals surface area (Å²) in [6.45, 7) is 5.23. The zero-order chi connectivity index (χ0) is 20.7. The summed E-state index contributed by atoms with van der Waals surface area (Å²) >= 11 is 5.99. The number of nitrogens with one attached hydrogen (secondary N) is 4. The Kier molecular flexibility index (Phi) is 7.17. The molecule has 0 saturated carbocycles. The molecule has 0 unspecified atom stereocenters. The Hall–Kier alpha value is -3.32. The highest BCUT2D eigenvalue weighted by atomic mass is 35.5. The van der Waals surface area contributed by atoms with Gasteiger partial charge in [-0.1, -0.05) is 29.8 Å². The molecule has 3 amide bonds. The molecule has 2 rings (SSSR count). The van der Waals surface area contributed by atoms with Crippen molar-refractivity contribution in [2.45, 2.75) is 20.8 Å². The van der Waals surface area contributed by atoms with Gasteiger partial charge in [-0.2, -0.15) is 0 Å². The molecule has 0 aromatic heterocycles. The number of halogens is 1. The molecule has 0 radical (unpaired) electrons. The highest BCUT2D eigenvalue weighted by Crippen LogP contribution is 2.22. The number of hydrogen-bond acceptors (Lipinski definition) is 4. The Morgan fingerprint density at radius 3 is 2.36 bits per heavy atom. The molecule has 7 nitrogen and oxygen atoms in total. The van der Waals surface area contributed by atoms with Crippen molar-refractivity contribution < 1.29 is 14.4 Å². The smallest absolute Gasteiger partial charge is 0.322 e. The van der Waals surface area contributed by atoms with E-state index in [0.717, 1.165) is 5.56 Å². The van der Waals surface area contributed by atoms with Gasteiger partial charge >= 0.3 is 11.8 Å². The standard InChI is InChI=1S/C20H21ClN4O3/c1-12-6-4-7-15(10-12)22-18(26)11-13(2)24-25-20(28)19(27)23-17-9-5-8-16(21)14(17)3/h4-11,24H,1-3H3,(H,22,26)(H,23,27)(H,25,28). The number of rotatable bonds is 5. The second-order valence-corrected chi connectivity index (χ2v) is 6.54. The zero-order valence-electron chi connectivity index (χ0n) is 15.7. The fourth-order valence-electron chi connectivity index (χ4n) is 2.27. The summed E-state index contributed by atoms with van der Waals surface area (Å²) in [6.07, 6.45) is 1.27. The van der Waals surface area contributed by atoms with Crippen LogP contribution in [0.1, 0.15) is 18.1 Å². The molecule has 4 N–H and O–H groups in total. The molecule has 0 saturated heterocycles. The van der Waals surface area contributed by atoms with Crippen molar-refractivity contribution in [1.29, 1.82) is 0 Å². The van der Waals surface area contributed by atoms with Crippen LogP contribution in [0, 0.1) is 13.8 Å². The van der Waals surface area contributed by atoms with E-state index in [1.807, 2.05) is 25.1 Å². The second kappa shape index (κ2) is 9.57. The maximum atomic E-state index is 12.0. The van der Waals surface area contributed by atoms with Crippen LogP contribution in [0.4, 0.5) is 11.4 Å². The number of anilines is 2. The van der Waals surface area contributed by atoms with Crippen molar-refractivity contribution in [2.75, 3.05) is 10.6 Å². The van der Waals surface area contributed by atoms with E-state index in [0.29, 0.717) is 27.7 Å². The van der Waals surface area contributed by atoms with E-state index >= 15 is 0 Å². The molecule has 2 aromatic carbocycles. The molecule has 2 aromatic rings. The first kappa shape index (κ1) is 21.0. The lowest BCUT2D eigenvalue weighted by molar-refractivity contribution is -0.136. The van der Waals surface area contributed by atoms with Gasteiger partial charge in [0.15, 0.2) is 0 Å². The van der Waals surface area contributed by atoms with Gasteiger partial charge in [-0.3, -0.25) is 19.8 Å². The van der Waals surface area contributed by atoms with Crippen LogP contribution < -0.4 is 21.5 Å². The molecule has 0 bridgehead atoms. The first-order chi connectivity index (χ1) is 13.3. The predicted molar refractivity (Wildman–Crippen MR) is 110 cm³/mol. The summed E-state index contributed by atoms with van der Waals surface area (Å²) in [5.74, 6) is -2.15. The van der Waals surface area contributed by atoms with Gasteiger partial charge < -0.3 is 16.1 Å². The number of allylic oxidation sites excluding steroid dienone is 1. The fraction of sp³-hybridized carbons (Fsp3) is 0.150. The van der Waals surface area contributed by atoms with Gasteiger partial charge in [0.25, 0.3) is 0 Å². The largest absolute Gasteiger partial charge is 0.327 e. The van der Waals surface area contributed by atoms with E-state index in [-0.39, 0.29) is 5.91 Å². The predicted octanol–water partition coefficient (Wildman–Crippen LogP) is 3.06. The lowest BCUT2D eigenvalue weighted by Crippen LogP contribution is -2.43. The lowest BCUT2D eigenvalue weighted by atomic mass is 10.2. The quantitative estimate of drug-likeness (QED) is 0.352. The third-order valence-corrected chi connectivity index (χ3v) is 4.14. The minimum Gasteiger partial charge on any atom is -0.322 e. The van der Waals surface area contributed by atoms with Gasteiger partial charge in [-0.05, 0) is 56.2 Å². The highest BCUT2D eigenvalue weighted by molar-refractivity contribution is 6.40. The van der Waals surface area contributed by atoms with Gasteiger partial charge in [0.2, 0.25) is 5.91 Å². The van der Waals surface area contributed by atoms with Crippen molar-refractivity contribution in [3.63, 3.8) is 0 Å². The van der Waals surface area contributed by atoms with Crippen LogP contribution in [0.5, 0.6) is 0 Å². The monoisotopic (exact) mass is 400 g/mol. The number of aryl methyl sites for hydroxylation is 1. The van der Waals surface area contributed by atoms with Crippen molar-refractivity contribution >= 4 is 40.7 Å². The number of hydrogen-bond donors (Lipinski definition) is 4.